The fourth-order valence-corrected chi connectivity index (χ4v) is 3.04. The molecule has 0 spiro atoms. The Morgan fingerprint density at radius 1 is 1.08 bits per heavy atom. The Morgan fingerprint density at radius 2 is 1.83 bits per heavy atom. The van der Waals surface area contributed by atoms with Gasteiger partial charge in [-0.15, -0.1) is 0 Å². The lowest BCUT2D eigenvalue weighted by Gasteiger charge is -2.21. The Balaban J connectivity index is 1.93. The quantitative estimate of drug-likeness (QED) is 0.600. The largest absolute Gasteiger partial charge is 0.335 e. The molecule has 122 valence electrons. The number of hydrogen-bond donors (Lipinski definition) is 0. The lowest BCUT2D eigenvalue weighted by molar-refractivity contribution is 0.0753. The second kappa shape index (κ2) is 7.20. The van der Waals surface area contributed by atoms with Crippen LogP contribution in [0.25, 0.3) is 10.8 Å². The van der Waals surface area contributed by atoms with Gasteiger partial charge in [0, 0.05) is 35.6 Å². The smallest absolute Gasteiger partial charge is 0.254 e. The molecule has 2 aromatic carbocycles. The van der Waals surface area contributed by atoms with Gasteiger partial charge in [0.05, 0.1) is 5.02 Å². The van der Waals surface area contributed by atoms with Gasteiger partial charge in [0.1, 0.15) is 5.15 Å². The lowest BCUT2D eigenvalue weighted by atomic mass is 10.1. The van der Waals surface area contributed by atoms with Crippen molar-refractivity contribution in [1.29, 1.82) is 0 Å². The highest BCUT2D eigenvalue weighted by atomic mass is 35.5. The van der Waals surface area contributed by atoms with E-state index in [2.05, 4.69) is 4.98 Å². The number of fused-ring (bicyclic) bond motifs is 1. The Morgan fingerprint density at radius 3 is 2.54 bits per heavy atom. The summed E-state index contributed by atoms with van der Waals surface area (Å²) in [5.74, 6) is -0.0423. The number of carbonyl (C=O) groups excluding carboxylic acids is 1. The molecular weight excluding hydrogens is 343 g/mol. The number of rotatable bonds is 4. The highest BCUT2D eigenvalue weighted by Crippen LogP contribution is 2.29. The molecule has 24 heavy (non-hydrogen) atoms. The molecular formula is C19H16Cl2N2O. The van der Waals surface area contributed by atoms with Crippen LogP contribution in [0.15, 0.2) is 54.7 Å². The fourth-order valence-electron chi connectivity index (χ4n) is 2.62. The molecule has 0 saturated carbocycles. The molecule has 5 heteroatoms. The van der Waals surface area contributed by atoms with E-state index in [0.29, 0.717) is 34.2 Å². The second-order valence-corrected chi connectivity index (χ2v) is 6.23. The number of amides is 1. The molecule has 0 aliphatic carbocycles. The number of nitrogens with zero attached hydrogens (tertiary/aromatic N) is 2. The van der Waals surface area contributed by atoms with Crippen molar-refractivity contribution in [2.45, 2.75) is 13.5 Å². The SMILES string of the molecule is CCN(Cc1ccccc1)C(=O)c1ccc2c(Cl)cnc(Cl)c2c1. The summed E-state index contributed by atoms with van der Waals surface area (Å²) in [5, 5.41) is 2.34. The fraction of sp³-hybridized carbons (Fsp3) is 0.158. The average Bonchev–Trinajstić information content (AvgIpc) is 2.63. The molecule has 0 unspecified atom stereocenters. The third-order valence-corrected chi connectivity index (χ3v) is 4.52. The van der Waals surface area contributed by atoms with Gasteiger partial charge >= 0.3 is 0 Å². The van der Waals surface area contributed by atoms with Crippen LogP contribution in [0.5, 0.6) is 0 Å². The highest BCUT2D eigenvalue weighted by molar-refractivity contribution is 6.39. The van der Waals surface area contributed by atoms with Crippen molar-refractivity contribution in [2.24, 2.45) is 0 Å². The first-order valence-electron chi connectivity index (χ1n) is 7.67. The van der Waals surface area contributed by atoms with E-state index >= 15 is 0 Å². The van der Waals surface area contributed by atoms with Crippen molar-refractivity contribution >= 4 is 39.9 Å². The van der Waals surface area contributed by atoms with Gasteiger partial charge in [-0.2, -0.15) is 0 Å². The first kappa shape index (κ1) is 16.7. The number of pyridine rings is 1. The van der Waals surface area contributed by atoms with Gasteiger partial charge in [-0.25, -0.2) is 4.98 Å². The van der Waals surface area contributed by atoms with Crippen LogP contribution in [0, 0.1) is 0 Å². The Kier molecular flexibility index (Phi) is 5.03. The topological polar surface area (TPSA) is 33.2 Å². The maximum Gasteiger partial charge on any atom is 0.254 e. The predicted octanol–water partition coefficient (Wildman–Crippen LogP) is 5.20. The van der Waals surface area contributed by atoms with Crippen molar-refractivity contribution in [3.8, 4) is 0 Å². The first-order valence-corrected chi connectivity index (χ1v) is 8.42. The monoisotopic (exact) mass is 358 g/mol. The van der Waals surface area contributed by atoms with Gasteiger partial charge < -0.3 is 4.90 Å². The summed E-state index contributed by atoms with van der Waals surface area (Å²) < 4.78 is 0. The van der Waals surface area contributed by atoms with Crippen molar-refractivity contribution in [3.05, 3.63) is 76.0 Å². The van der Waals surface area contributed by atoms with Crippen LogP contribution >= 0.6 is 23.2 Å². The van der Waals surface area contributed by atoms with E-state index in [-0.39, 0.29) is 5.91 Å². The van der Waals surface area contributed by atoms with Crippen LogP contribution in [0.2, 0.25) is 10.2 Å². The van der Waals surface area contributed by atoms with E-state index in [1.807, 2.05) is 43.3 Å². The molecule has 0 bridgehead atoms. The van der Waals surface area contributed by atoms with Gasteiger partial charge in [-0.05, 0) is 24.6 Å². The summed E-state index contributed by atoms with van der Waals surface area (Å²) in [7, 11) is 0. The number of benzene rings is 2. The van der Waals surface area contributed by atoms with E-state index in [1.54, 1.807) is 17.0 Å². The number of hydrogen-bond acceptors (Lipinski definition) is 2. The Bertz CT molecular complexity index is 881. The molecule has 0 radical (unpaired) electrons. The molecule has 1 heterocycles. The molecule has 1 aromatic heterocycles. The average molecular weight is 359 g/mol. The minimum absolute atomic E-state index is 0.0423. The number of aromatic nitrogens is 1. The van der Waals surface area contributed by atoms with Gasteiger partial charge in [-0.1, -0.05) is 59.6 Å². The van der Waals surface area contributed by atoms with E-state index in [9.17, 15) is 4.79 Å². The molecule has 0 N–H and O–H groups in total. The van der Waals surface area contributed by atoms with E-state index in [0.717, 1.165) is 10.9 Å². The molecule has 0 atom stereocenters. The highest BCUT2D eigenvalue weighted by Gasteiger charge is 2.16. The van der Waals surface area contributed by atoms with Crippen molar-refractivity contribution in [2.75, 3.05) is 6.54 Å². The lowest BCUT2D eigenvalue weighted by Crippen LogP contribution is -2.30. The van der Waals surface area contributed by atoms with Crippen LogP contribution in [-0.4, -0.2) is 22.3 Å². The van der Waals surface area contributed by atoms with Gasteiger partial charge in [0.25, 0.3) is 5.91 Å². The molecule has 0 aliphatic heterocycles. The minimum atomic E-state index is -0.0423. The maximum atomic E-state index is 12.8. The summed E-state index contributed by atoms with van der Waals surface area (Å²) in [6.07, 6.45) is 1.52. The van der Waals surface area contributed by atoms with Gasteiger partial charge in [0.2, 0.25) is 0 Å². The molecule has 3 rings (SSSR count). The summed E-state index contributed by atoms with van der Waals surface area (Å²) in [6, 6.07) is 15.3. The number of carbonyl (C=O) groups is 1. The standard InChI is InChI=1S/C19H16Cl2N2O/c1-2-23(12-13-6-4-3-5-7-13)19(24)14-8-9-15-16(10-14)18(21)22-11-17(15)20/h3-11H,2,12H2,1H3. The zero-order valence-corrected chi connectivity index (χ0v) is 14.7. The predicted molar refractivity (Wildman–Crippen MR) is 98.6 cm³/mol. The second-order valence-electron chi connectivity index (χ2n) is 5.46. The van der Waals surface area contributed by atoms with Crippen LogP contribution in [-0.2, 0) is 6.54 Å². The molecule has 1 amide bonds. The van der Waals surface area contributed by atoms with E-state index in [1.165, 1.54) is 6.20 Å². The van der Waals surface area contributed by atoms with Crippen molar-refractivity contribution in [1.82, 2.24) is 9.88 Å². The molecule has 3 aromatic rings. The van der Waals surface area contributed by atoms with E-state index in [4.69, 9.17) is 23.2 Å². The molecule has 0 aliphatic rings. The number of halogens is 2. The van der Waals surface area contributed by atoms with Crippen LogP contribution < -0.4 is 0 Å². The van der Waals surface area contributed by atoms with Crippen LogP contribution in [0.4, 0.5) is 0 Å². The van der Waals surface area contributed by atoms with E-state index < -0.39 is 0 Å². The Labute approximate surface area is 150 Å². The van der Waals surface area contributed by atoms with Crippen molar-refractivity contribution < 1.29 is 4.79 Å². The maximum absolute atomic E-state index is 12.8. The molecule has 0 fully saturated rings. The normalized spacial score (nSPS) is 10.8. The van der Waals surface area contributed by atoms with Gasteiger partial charge in [-0.3, -0.25) is 4.79 Å². The Hall–Kier alpha value is -2.10. The first-order chi connectivity index (χ1) is 11.6. The third-order valence-electron chi connectivity index (χ3n) is 3.92. The summed E-state index contributed by atoms with van der Waals surface area (Å²) >= 11 is 12.3. The molecule has 0 saturated heterocycles. The minimum Gasteiger partial charge on any atom is -0.335 e. The summed E-state index contributed by atoms with van der Waals surface area (Å²) in [6.45, 7) is 3.15. The van der Waals surface area contributed by atoms with Crippen LogP contribution in [0.3, 0.4) is 0 Å². The zero-order valence-electron chi connectivity index (χ0n) is 13.2. The summed E-state index contributed by atoms with van der Waals surface area (Å²) in [4.78, 5) is 18.7. The van der Waals surface area contributed by atoms with Crippen LogP contribution in [0.1, 0.15) is 22.8 Å². The molecule has 3 nitrogen and oxygen atoms in total. The third kappa shape index (κ3) is 3.37. The van der Waals surface area contributed by atoms with Crippen molar-refractivity contribution in [3.63, 3.8) is 0 Å². The van der Waals surface area contributed by atoms with Gasteiger partial charge in [0.15, 0.2) is 0 Å². The summed E-state index contributed by atoms with van der Waals surface area (Å²) in [5.41, 5.74) is 1.67. The zero-order chi connectivity index (χ0) is 17.1.